The van der Waals surface area contributed by atoms with Gasteiger partial charge in [-0.25, -0.2) is 0 Å². The van der Waals surface area contributed by atoms with Gasteiger partial charge in [0.1, 0.15) is 0 Å². The second-order valence-corrected chi connectivity index (χ2v) is 9.95. The Morgan fingerprint density at radius 2 is 1.83 bits per heavy atom. The minimum atomic E-state index is -0.446. The molecule has 1 aromatic carbocycles. The van der Waals surface area contributed by atoms with Crippen molar-refractivity contribution in [1.29, 1.82) is 0 Å². The Labute approximate surface area is 178 Å². The van der Waals surface area contributed by atoms with Crippen LogP contribution in [0.4, 0.5) is 11.4 Å². The molecule has 2 rings (SSSR count). The van der Waals surface area contributed by atoms with Crippen LogP contribution in [0.15, 0.2) is 35.7 Å². The summed E-state index contributed by atoms with van der Waals surface area (Å²) in [4.78, 5) is 30.1. The number of nitrogens with one attached hydrogen (secondary N) is 1. The van der Waals surface area contributed by atoms with Crippen molar-refractivity contribution in [2.24, 2.45) is 11.3 Å². The third kappa shape index (κ3) is 6.32. The van der Waals surface area contributed by atoms with E-state index in [2.05, 4.69) is 19.2 Å². The van der Waals surface area contributed by atoms with Crippen LogP contribution < -0.4 is 10.2 Å². The Balaban J connectivity index is 2.34. The van der Waals surface area contributed by atoms with Crippen molar-refractivity contribution in [1.82, 2.24) is 4.90 Å². The molecule has 0 saturated heterocycles. The van der Waals surface area contributed by atoms with E-state index in [0.717, 1.165) is 16.9 Å². The van der Waals surface area contributed by atoms with E-state index in [1.165, 1.54) is 11.3 Å². The highest BCUT2D eigenvalue weighted by Crippen LogP contribution is 2.27. The zero-order valence-corrected chi connectivity index (χ0v) is 19.4. The van der Waals surface area contributed by atoms with Gasteiger partial charge in [0.2, 0.25) is 5.91 Å². The second kappa shape index (κ2) is 9.44. The van der Waals surface area contributed by atoms with Gasteiger partial charge in [-0.3, -0.25) is 9.59 Å². The summed E-state index contributed by atoms with van der Waals surface area (Å²) in [5.41, 5.74) is 2.33. The SMILES string of the molecule is CC(C)CN(Cc1cc(NC(=O)c2cccs2)ccc1N(C)C)C(=O)C(C)(C)C. The summed E-state index contributed by atoms with van der Waals surface area (Å²) in [6, 6.07) is 9.55. The predicted octanol–water partition coefficient (Wildman–Crippen LogP) is 5.10. The molecule has 0 fully saturated rings. The van der Waals surface area contributed by atoms with E-state index in [1.807, 2.05) is 80.4 Å². The lowest BCUT2D eigenvalue weighted by molar-refractivity contribution is -0.140. The number of hydrogen-bond acceptors (Lipinski definition) is 4. The first kappa shape index (κ1) is 22.9. The Morgan fingerprint density at radius 3 is 2.34 bits per heavy atom. The third-order valence-corrected chi connectivity index (χ3v) is 5.31. The van der Waals surface area contributed by atoms with E-state index < -0.39 is 5.41 Å². The fraction of sp³-hybridized carbons (Fsp3) is 0.478. The fourth-order valence-corrected chi connectivity index (χ4v) is 3.79. The number of carbonyl (C=O) groups excluding carboxylic acids is 2. The van der Waals surface area contributed by atoms with Crippen LogP contribution in [0.25, 0.3) is 0 Å². The van der Waals surface area contributed by atoms with Crippen molar-refractivity contribution >= 4 is 34.5 Å². The summed E-state index contributed by atoms with van der Waals surface area (Å²) < 4.78 is 0. The van der Waals surface area contributed by atoms with Gasteiger partial charge in [0, 0.05) is 44.0 Å². The molecular formula is C23H33N3O2S. The van der Waals surface area contributed by atoms with Gasteiger partial charge in [0.05, 0.1) is 4.88 Å². The van der Waals surface area contributed by atoms with E-state index in [-0.39, 0.29) is 11.8 Å². The highest BCUT2D eigenvalue weighted by Gasteiger charge is 2.28. The maximum atomic E-state index is 13.0. The largest absolute Gasteiger partial charge is 0.377 e. The second-order valence-electron chi connectivity index (χ2n) is 9.00. The first-order valence-corrected chi connectivity index (χ1v) is 10.8. The standard InChI is InChI=1S/C23H33N3O2S/c1-16(2)14-26(22(28)23(3,4)5)15-17-13-18(10-11-19(17)25(6)7)24-21(27)20-9-8-12-29-20/h8-13,16H,14-15H2,1-7H3,(H,24,27). The number of thiophene rings is 1. The van der Waals surface area contributed by atoms with Crippen LogP contribution in [-0.4, -0.2) is 37.4 Å². The summed E-state index contributed by atoms with van der Waals surface area (Å²) in [6.45, 7) is 11.3. The lowest BCUT2D eigenvalue weighted by atomic mass is 9.93. The van der Waals surface area contributed by atoms with Gasteiger partial charge in [0.15, 0.2) is 0 Å². The van der Waals surface area contributed by atoms with Crippen molar-refractivity contribution in [3.63, 3.8) is 0 Å². The van der Waals surface area contributed by atoms with Crippen LogP contribution in [0.3, 0.4) is 0 Å². The van der Waals surface area contributed by atoms with E-state index in [4.69, 9.17) is 0 Å². The molecule has 1 heterocycles. The minimum Gasteiger partial charge on any atom is -0.377 e. The van der Waals surface area contributed by atoms with Gasteiger partial charge in [-0.05, 0) is 41.1 Å². The van der Waals surface area contributed by atoms with Gasteiger partial charge in [-0.15, -0.1) is 11.3 Å². The lowest BCUT2D eigenvalue weighted by Gasteiger charge is -2.32. The van der Waals surface area contributed by atoms with Crippen LogP contribution in [-0.2, 0) is 11.3 Å². The monoisotopic (exact) mass is 415 g/mol. The molecule has 0 saturated carbocycles. The maximum Gasteiger partial charge on any atom is 0.265 e. The zero-order valence-electron chi connectivity index (χ0n) is 18.6. The molecule has 0 atom stereocenters. The quantitative estimate of drug-likeness (QED) is 0.685. The number of carbonyl (C=O) groups is 2. The van der Waals surface area contributed by atoms with E-state index in [1.54, 1.807) is 0 Å². The number of amides is 2. The Morgan fingerprint density at radius 1 is 1.14 bits per heavy atom. The molecule has 0 spiro atoms. The molecule has 0 unspecified atom stereocenters. The fourth-order valence-electron chi connectivity index (χ4n) is 3.17. The van der Waals surface area contributed by atoms with Crippen LogP contribution in [0.5, 0.6) is 0 Å². The first-order chi connectivity index (χ1) is 13.5. The van der Waals surface area contributed by atoms with Crippen molar-refractivity contribution in [2.75, 3.05) is 30.9 Å². The lowest BCUT2D eigenvalue weighted by Crippen LogP contribution is -2.41. The molecule has 5 nitrogen and oxygen atoms in total. The highest BCUT2D eigenvalue weighted by atomic mass is 32.1. The molecule has 2 amide bonds. The van der Waals surface area contributed by atoms with Crippen LogP contribution in [0.1, 0.15) is 49.9 Å². The third-order valence-electron chi connectivity index (χ3n) is 4.44. The molecule has 0 aliphatic heterocycles. The van der Waals surface area contributed by atoms with Crippen LogP contribution >= 0.6 is 11.3 Å². The highest BCUT2D eigenvalue weighted by molar-refractivity contribution is 7.12. The zero-order chi connectivity index (χ0) is 21.8. The normalized spacial score (nSPS) is 11.4. The summed E-state index contributed by atoms with van der Waals surface area (Å²) in [5, 5.41) is 4.86. The Hall–Kier alpha value is -2.34. The molecule has 2 aromatic rings. The molecule has 29 heavy (non-hydrogen) atoms. The summed E-state index contributed by atoms with van der Waals surface area (Å²) >= 11 is 1.41. The number of anilines is 2. The van der Waals surface area contributed by atoms with Crippen molar-refractivity contribution in [3.05, 3.63) is 46.2 Å². The summed E-state index contributed by atoms with van der Waals surface area (Å²) in [6.07, 6.45) is 0. The van der Waals surface area contributed by atoms with Gasteiger partial charge in [0.25, 0.3) is 5.91 Å². The van der Waals surface area contributed by atoms with Gasteiger partial charge in [-0.1, -0.05) is 40.7 Å². The Kier molecular flexibility index (Phi) is 7.47. The summed E-state index contributed by atoms with van der Waals surface area (Å²) in [5.74, 6) is 0.378. The topological polar surface area (TPSA) is 52.7 Å². The summed E-state index contributed by atoms with van der Waals surface area (Å²) in [7, 11) is 3.97. The molecule has 0 aliphatic carbocycles. The van der Waals surface area contributed by atoms with E-state index in [9.17, 15) is 9.59 Å². The number of rotatable bonds is 7. The van der Waals surface area contributed by atoms with Gasteiger partial charge < -0.3 is 15.1 Å². The van der Waals surface area contributed by atoms with Crippen LogP contribution in [0.2, 0.25) is 0 Å². The molecule has 0 bridgehead atoms. The van der Waals surface area contributed by atoms with Crippen molar-refractivity contribution in [3.8, 4) is 0 Å². The van der Waals surface area contributed by atoms with Crippen molar-refractivity contribution < 1.29 is 9.59 Å². The average molecular weight is 416 g/mol. The van der Waals surface area contributed by atoms with Crippen molar-refractivity contribution in [2.45, 2.75) is 41.2 Å². The van der Waals surface area contributed by atoms with Gasteiger partial charge >= 0.3 is 0 Å². The Bertz CT molecular complexity index is 836. The van der Waals surface area contributed by atoms with Crippen LogP contribution in [0, 0.1) is 11.3 Å². The number of nitrogens with zero attached hydrogens (tertiary/aromatic N) is 2. The molecule has 0 aliphatic rings. The minimum absolute atomic E-state index is 0.117. The number of benzene rings is 1. The predicted molar refractivity (Wildman–Crippen MR) is 123 cm³/mol. The number of hydrogen-bond donors (Lipinski definition) is 1. The molecule has 0 radical (unpaired) electrons. The molecule has 158 valence electrons. The molecule has 6 heteroatoms. The maximum absolute atomic E-state index is 13.0. The van der Waals surface area contributed by atoms with E-state index >= 15 is 0 Å². The molecule has 1 aromatic heterocycles. The molecular weight excluding hydrogens is 382 g/mol. The molecule has 1 N–H and O–H groups in total. The van der Waals surface area contributed by atoms with Gasteiger partial charge in [-0.2, -0.15) is 0 Å². The average Bonchev–Trinajstić information content (AvgIpc) is 3.14. The first-order valence-electron chi connectivity index (χ1n) is 9.93. The van der Waals surface area contributed by atoms with E-state index in [0.29, 0.717) is 23.9 Å². The smallest absolute Gasteiger partial charge is 0.265 e.